The highest BCUT2D eigenvalue weighted by Gasteiger charge is 2.40. The molecular formula is C23H29ClN6O2. The van der Waals surface area contributed by atoms with Crippen LogP contribution in [-0.4, -0.2) is 49.7 Å². The second kappa shape index (κ2) is 9.87. The summed E-state index contributed by atoms with van der Waals surface area (Å²) in [6, 6.07) is 13.3. The van der Waals surface area contributed by atoms with Crippen molar-refractivity contribution in [1.29, 1.82) is 0 Å². The Morgan fingerprint density at radius 2 is 2.03 bits per heavy atom. The van der Waals surface area contributed by atoms with E-state index in [9.17, 15) is 4.79 Å². The molecule has 5 N–H and O–H groups in total. The van der Waals surface area contributed by atoms with Crippen LogP contribution in [0.3, 0.4) is 0 Å². The number of carbonyl (C=O) groups is 1. The second-order valence-corrected chi connectivity index (χ2v) is 8.28. The molecule has 2 aliphatic rings. The molecule has 0 radical (unpaired) electrons. The summed E-state index contributed by atoms with van der Waals surface area (Å²) in [6.07, 6.45) is 0.0795. The molecule has 8 nitrogen and oxygen atoms in total. The number of ether oxygens (including phenoxy) is 1. The first-order valence-electron chi connectivity index (χ1n) is 10.9. The number of benzene rings is 2. The van der Waals surface area contributed by atoms with Crippen molar-refractivity contribution in [3.8, 4) is 5.75 Å². The number of hydrazine groups is 1. The van der Waals surface area contributed by atoms with Crippen molar-refractivity contribution in [1.82, 2.24) is 16.2 Å². The Morgan fingerprint density at radius 3 is 2.75 bits per heavy atom. The molecule has 3 atom stereocenters. The highest BCUT2D eigenvalue weighted by atomic mass is 35.5. The minimum Gasteiger partial charge on any atom is -0.492 e. The summed E-state index contributed by atoms with van der Waals surface area (Å²) >= 11 is 6.14. The lowest BCUT2D eigenvalue weighted by atomic mass is 9.99. The van der Waals surface area contributed by atoms with E-state index in [1.54, 1.807) is 0 Å². The first kappa shape index (κ1) is 22.5. The molecule has 0 aromatic heterocycles. The molecule has 0 bridgehead atoms. The number of hydrogen-bond donors (Lipinski definition) is 4. The zero-order chi connectivity index (χ0) is 22.7. The number of nitrogens with zero attached hydrogens (tertiary/aromatic N) is 2. The van der Waals surface area contributed by atoms with Gasteiger partial charge >= 0.3 is 0 Å². The van der Waals surface area contributed by atoms with E-state index in [-0.39, 0.29) is 30.7 Å². The molecule has 32 heavy (non-hydrogen) atoms. The zero-order valence-corrected chi connectivity index (χ0v) is 19.0. The van der Waals surface area contributed by atoms with Crippen molar-refractivity contribution >= 4 is 28.9 Å². The highest BCUT2D eigenvalue weighted by Crippen LogP contribution is 2.36. The van der Waals surface area contributed by atoms with Crippen molar-refractivity contribution in [2.45, 2.75) is 38.6 Å². The smallest absolute Gasteiger partial charge is 0.222 e. The lowest BCUT2D eigenvalue weighted by Gasteiger charge is -2.31. The van der Waals surface area contributed by atoms with Gasteiger partial charge in [0.2, 0.25) is 5.91 Å². The lowest BCUT2D eigenvalue weighted by molar-refractivity contribution is -0.121. The first-order chi connectivity index (χ1) is 15.5. The van der Waals surface area contributed by atoms with E-state index in [4.69, 9.17) is 27.1 Å². The topological polar surface area (TPSA) is 104 Å². The van der Waals surface area contributed by atoms with Gasteiger partial charge in [-0.3, -0.25) is 9.79 Å². The van der Waals surface area contributed by atoms with Crippen LogP contribution in [0.25, 0.3) is 0 Å². The van der Waals surface area contributed by atoms with Crippen LogP contribution in [0.4, 0.5) is 5.69 Å². The van der Waals surface area contributed by atoms with Gasteiger partial charge in [-0.25, -0.2) is 10.9 Å². The maximum atomic E-state index is 12.5. The SMILES string of the molecule is CCNC(=O)C[C@@H]1N=C(c2ccc(Cl)cc2)c2cc(OCCN)ccc2N2C(C)NNC12. The summed E-state index contributed by atoms with van der Waals surface area (Å²) in [4.78, 5) is 19.9. The fraction of sp³-hybridized carbons (Fsp3) is 0.391. The summed E-state index contributed by atoms with van der Waals surface area (Å²) in [5, 5.41) is 3.55. The van der Waals surface area contributed by atoms with Gasteiger partial charge in [0.05, 0.1) is 24.3 Å². The zero-order valence-electron chi connectivity index (χ0n) is 18.3. The van der Waals surface area contributed by atoms with E-state index >= 15 is 0 Å². The van der Waals surface area contributed by atoms with Gasteiger partial charge in [-0.15, -0.1) is 0 Å². The van der Waals surface area contributed by atoms with E-state index in [1.165, 1.54) is 0 Å². The molecule has 2 aromatic rings. The molecule has 0 spiro atoms. The van der Waals surface area contributed by atoms with E-state index in [2.05, 4.69) is 28.0 Å². The lowest BCUT2D eigenvalue weighted by Crippen LogP contribution is -2.47. The maximum absolute atomic E-state index is 12.5. The van der Waals surface area contributed by atoms with Crippen molar-refractivity contribution in [3.63, 3.8) is 0 Å². The number of halogens is 1. The number of amides is 1. The monoisotopic (exact) mass is 456 g/mol. The van der Waals surface area contributed by atoms with Crippen molar-refractivity contribution in [3.05, 3.63) is 58.6 Å². The third kappa shape index (κ3) is 4.59. The third-order valence-corrected chi connectivity index (χ3v) is 5.84. The predicted octanol–water partition coefficient (Wildman–Crippen LogP) is 2.01. The normalized spacial score (nSPS) is 21.9. The van der Waals surface area contributed by atoms with Gasteiger partial charge in [-0.1, -0.05) is 23.7 Å². The summed E-state index contributed by atoms with van der Waals surface area (Å²) in [7, 11) is 0. The van der Waals surface area contributed by atoms with E-state index in [0.717, 1.165) is 28.3 Å². The van der Waals surface area contributed by atoms with E-state index in [0.29, 0.717) is 24.7 Å². The van der Waals surface area contributed by atoms with Gasteiger partial charge in [0.1, 0.15) is 18.5 Å². The van der Waals surface area contributed by atoms with E-state index < -0.39 is 0 Å². The number of hydrogen-bond acceptors (Lipinski definition) is 7. The van der Waals surface area contributed by atoms with Crippen LogP contribution in [0, 0.1) is 0 Å². The minimum atomic E-state index is -0.314. The van der Waals surface area contributed by atoms with Crippen LogP contribution in [0.5, 0.6) is 5.75 Å². The first-order valence-corrected chi connectivity index (χ1v) is 11.3. The minimum absolute atomic E-state index is 0.00562. The Morgan fingerprint density at radius 1 is 1.25 bits per heavy atom. The number of nitrogens with two attached hydrogens (primary N) is 1. The average Bonchev–Trinajstić information content (AvgIpc) is 3.11. The molecule has 2 aliphatic heterocycles. The van der Waals surface area contributed by atoms with Crippen LogP contribution < -0.4 is 31.5 Å². The Balaban J connectivity index is 1.85. The third-order valence-electron chi connectivity index (χ3n) is 5.59. The van der Waals surface area contributed by atoms with Crippen LogP contribution >= 0.6 is 11.6 Å². The van der Waals surface area contributed by atoms with Gasteiger partial charge in [0, 0.05) is 34.9 Å². The predicted molar refractivity (Wildman–Crippen MR) is 127 cm³/mol. The number of aliphatic imine (C=N–C) groups is 1. The van der Waals surface area contributed by atoms with Crippen molar-refractivity contribution in [2.24, 2.45) is 10.7 Å². The van der Waals surface area contributed by atoms with E-state index in [1.807, 2.05) is 49.4 Å². The molecule has 0 saturated carbocycles. The van der Waals surface area contributed by atoms with Gasteiger partial charge in [-0.2, -0.15) is 0 Å². The largest absolute Gasteiger partial charge is 0.492 e. The number of nitrogens with one attached hydrogen (secondary N) is 3. The molecule has 2 unspecified atom stereocenters. The summed E-state index contributed by atoms with van der Waals surface area (Å²) in [5.41, 5.74) is 15.9. The second-order valence-electron chi connectivity index (χ2n) is 7.84. The molecule has 4 rings (SSSR count). The molecular weight excluding hydrogens is 428 g/mol. The molecule has 2 aromatic carbocycles. The fourth-order valence-electron chi connectivity index (χ4n) is 4.18. The van der Waals surface area contributed by atoms with Crippen molar-refractivity contribution < 1.29 is 9.53 Å². The van der Waals surface area contributed by atoms with Gasteiger partial charge < -0.3 is 20.7 Å². The molecule has 1 fully saturated rings. The quantitative estimate of drug-likeness (QED) is 0.508. The molecule has 1 amide bonds. The van der Waals surface area contributed by atoms with Crippen molar-refractivity contribution in [2.75, 3.05) is 24.6 Å². The van der Waals surface area contributed by atoms with Crippen LogP contribution in [0.2, 0.25) is 5.02 Å². The Kier molecular flexibility index (Phi) is 6.95. The average molecular weight is 457 g/mol. The van der Waals surface area contributed by atoms with Gasteiger partial charge in [-0.05, 0) is 44.2 Å². The molecule has 9 heteroatoms. The number of anilines is 1. The molecule has 2 heterocycles. The van der Waals surface area contributed by atoms with Crippen LogP contribution in [0.1, 0.15) is 31.4 Å². The van der Waals surface area contributed by atoms with Gasteiger partial charge in [0.25, 0.3) is 0 Å². The Bertz CT molecular complexity index is 996. The van der Waals surface area contributed by atoms with Crippen LogP contribution in [-0.2, 0) is 4.79 Å². The highest BCUT2D eigenvalue weighted by molar-refractivity contribution is 6.30. The fourth-order valence-corrected chi connectivity index (χ4v) is 4.31. The van der Waals surface area contributed by atoms with Crippen LogP contribution in [0.15, 0.2) is 47.5 Å². The standard InChI is InChI=1S/C23H29ClN6O2/c1-3-26-21(31)13-19-23-29-28-14(2)30(23)20-9-8-17(32-11-10-25)12-18(20)22(27-19)15-4-6-16(24)7-5-15/h4-9,12,14,19,23,28-29H,3,10-11,13,25H2,1-2H3,(H,26,31)/t14?,19-,23?/m0/s1. The Labute approximate surface area is 193 Å². The molecule has 170 valence electrons. The number of fused-ring (bicyclic) bond motifs is 3. The summed E-state index contributed by atoms with van der Waals surface area (Å²) in [6.45, 7) is 5.43. The summed E-state index contributed by atoms with van der Waals surface area (Å²) < 4.78 is 5.81. The molecule has 0 aliphatic carbocycles. The molecule has 1 saturated heterocycles. The Hall–Kier alpha value is -2.65. The number of rotatable bonds is 7. The summed E-state index contributed by atoms with van der Waals surface area (Å²) in [5.74, 6) is 0.693. The number of carbonyl (C=O) groups excluding carboxylic acids is 1. The maximum Gasteiger partial charge on any atom is 0.222 e. The van der Waals surface area contributed by atoms with Gasteiger partial charge in [0.15, 0.2) is 0 Å².